The molecule has 0 bridgehead atoms. The van der Waals surface area contributed by atoms with E-state index in [0.717, 1.165) is 45.1 Å². The van der Waals surface area contributed by atoms with Crippen LogP contribution in [0, 0.1) is 13.8 Å². The smallest absolute Gasteiger partial charge is 0.191 e. The summed E-state index contributed by atoms with van der Waals surface area (Å²) >= 11 is 0. The van der Waals surface area contributed by atoms with Gasteiger partial charge in [-0.05, 0) is 51.0 Å². The number of rotatable bonds is 8. The maximum atomic E-state index is 4.29. The van der Waals surface area contributed by atoms with Crippen molar-refractivity contribution in [3.8, 4) is 0 Å². The van der Waals surface area contributed by atoms with Gasteiger partial charge < -0.3 is 15.5 Å². The third kappa shape index (κ3) is 8.55. The van der Waals surface area contributed by atoms with Crippen LogP contribution in [-0.2, 0) is 6.54 Å². The Labute approximate surface area is 159 Å². The van der Waals surface area contributed by atoms with Gasteiger partial charge in [-0.1, -0.05) is 37.6 Å². The van der Waals surface area contributed by atoms with Gasteiger partial charge >= 0.3 is 0 Å². The second-order valence-electron chi connectivity index (χ2n) is 5.66. The fourth-order valence-corrected chi connectivity index (χ4v) is 2.49. The summed E-state index contributed by atoms with van der Waals surface area (Å²) in [5, 5.41) is 6.77. The van der Waals surface area contributed by atoms with Crippen molar-refractivity contribution in [1.29, 1.82) is 0 Å². The standard InChI is InChI=1S/C18H32N4.HI/c1-6-22(7-2)12-8-11-20-18(19-5)21-14-17-10-9-15(3)13-16(17)4;/h9-10,13H,6-8,11-12,14H2,1-5H3,(H2,19,20,21);1H. The lowest BCUT2D eigenvalue weighted by Crippen LogP contribution is -2.38. The predicted octanol–water partition coefficient (Wildman–Crippen LogP) is 3.32. The lowest BCUT2D eigenvalue weighted by atomic mass is 10.1. The number of nitrogens with one attached hydrogen (secondary N) is 2. The Bertz CT molecular complexity index is 470. The molecule has 0 heterocycles. The van der Waals surface area contributed by atoms with Gasteiger partial charge in [0.05, 0.1) is 0 Å². The van der Waals surface area contributed by atoms with Gasteiger partial charge in [0.2, 0.25) is 0 Å². The van der Waals surface area contributed by atoms with Crippen LogP contribution in [0.2, 0.25) is 0 Å². The molecule has 0 aliphatic heterocycles. The van der Waals surface area contributed by atoms with Crippen LogP contribution in [0.3, 0.4) is 0 Å². The molecule has 0 aromatic heterocycles. The highest BCUT2D eigenvalue weighted by molar-refractivity contribution is 14.0. The van der Waals surface area contributed by atoms with E-state index in [9.17, 15) is 0 Å². The van der Waals surface area contributed by atoms with Crippen molar-refractivity contribution in [2.75, 3.05) is 33.2 Å². The summed E-state index contributed by atoms with van der Waals surface area (Å²) in [5.74, 6) is 0.875. The Morgan fingerprint density at radius 3 is 2.39 bits per heavy atom. The first kappa shape index (κ1) is 22.2. The Morgan fingerprint density at radius 2 is 1.83 bits per heavy atom. The number of hydrogen-bond acceptors (Lipinski definition) is 2. The van der Waals surface area contributed by atoms with Gasteiger partial charge in [-0.15, -0.1) is 24.0 Å². The van der Waals surface area contributed by atoms with Gasteiger partial charge in [-0.2, -0.15) is 0 Å². The summed E-state index contributed by atoms with van der Waals surface area (Å²) in [6.07, 6.45) is 1.13. The fraction of sp³-hybridized carbons (Fsp3) is 0.611. The molecular formula is C18H33IN4. The zero-order valence-electron chi connectivity index (χ0n) is 15.3. The number of aryl methyl sites for hydroxylation is 2. The second kappa shape index (κ2) is 12.6. The molecule has 0 spiro atoms. The van der Waals surface area contributed by atoms with Gasteiger partial charge in [0.25, 0.3) is 0 Å². The molecule has 1 aromatic carbocycles. The van der Waals surface area contributed by atoms with Crippen LogP contribution in [0.4, 0.5) is 0 Å². The molecular weight excluding hydrogens is 399 g/mol. The van der Waals surface area contributed by atoms with E-state index in [-0.39, 0.29) is 24.0 Å². The number of hydrogen-bond donors (Lipinski definition) is 2. The molecule has 2 N–H and O–H groups in total. The average Bonchev–Trinajstić information content (AvgIpc) is 2.52. The first-order valence-corrected chi connectivity index (χ1v) is 8.33. The molecule has 0 fully saturated rings. The summed E-state index contributed by atoms with van der Waals surface area (Å²) in [6.45, 7) is 13.8. The van der Waals surface area contributed by atoms with E-state index in [4.69, 9.17) is 0 Å². The van der Waals surface area contributed by atoms with E-state index >= 15 is 0 Å². The molecule has 0 atom stereocenters. The molecule has 23 heavy (non-hydrogen) atoms. The van der Waals surface area contributed by atoms with Gasteiger partial charge in [-0.3, -0.25) is 4.99 Å². The number of benzene rings is 1. The quantitative estimate of drug-likeness (QED) is 0.287. The molecule has 0 saturated carbocycles. The van der Waals surface area contributed by atoms with E-state index in [2.05, 4.69) is 66.4 Å². The SMILES string of the molecule is CCN(CC)CCCNC(=NC)NCc1ccc(C)cc1C.I. The molecule has 0 amide bonds. The number of guanidine groups is 1. The highest BCUT2D eigenvalue weighted by Gasteiger charge is 2.02. The monoisotopic (exact) mass is 432 g/mol. The molecule has 1 aromatic rings. The van der Waals surface area contributed by atoms with Crippen molar-refractivity contribution in [3.05, 3.63) is 34.9 Å². The van der Waals surface area contributed by atoms with Crippen LogP contribution < -0.4 is 10.6 Å². The fourth-order valence-electron chi connectivity index (χ4n) is 2.49. The lowest BCUT2D eigenvalue weighted by Gasteiger charge is -2.18. The van der Waals surface area contributed by atoms with Crippen LogP contribution in [0.25, 0.3) is 0 Å². The van der Waals surface area contributed by atoms with Crippen molar-refractivity contribution >= 4 is 29.9 Å². The number of halogens is 1. The minimum Gasteiger partial charge on any atom is -0.356 e. The van der Waals surface area contributed by atoms with Gasteiger partial charge in [0, 0.05) is 20.1 Å². The molecule has 0 unspecified atom stereocenters. The molecule has 0 aliphatic carbocycles. The van der Waals surface area contributed by atoms with Crippen molar-refractivity contribution in [2.24, 2.45) is 4.99 Å². The van der Waals surface area contributed by atoms with E-state index in [1.165, 1.54) is 16.7 Å². The Balaban J connectivity index is 0.00000484. The van der Waals surface area contributed by atoms with Crippen LogP contribution in [0.5, 0.6) is 0 Å². The third-order valence-corrected chi connectivity index (χ3v) is 4.01. The maximum absolute atomic E-state index is 4.29. The average molecular weight is 432 g/mol. The lowest BCUT2D eigenvalue weighted by molar-refractivity contribution is 0.300. The minimum absolute atomic E-state index is 0. The third-order valence-electron chi connectivity index (χ3n) is 4.01. The molecule has 0 saturated heterocycles. The van der Waals surface area contributed by atoms with E-state index < -0.39 is 0 Å². The van der Waals surface area contributed by atoms with E-state index in [0.29, 0.717) is 0 Å². The summed E-state index contributed by atoms with van der Waals surface area (Å²) in [7, 11) is 1.82. The van der Waals surface area contributed by atoms with Crippen LogP contribution in [0.15, 0.2) is 23.2 Å². The molecule has 132 valence electrons. The normalized spacial score (nSPS) is 11.3. The Kier molecular flexibility index (Phi) is 12.1. The number of aliphatic imine (C=N–C) groups is 1. The summed E-state index contributed by atoms with van der Waals surface area (Å²) < 4.78 is 0. The summed E-state index contributed by atoms with van der Waals surface area (Å²) in [4.78, 5) is 6.73. The van der Waals surface area contributed by atoms with Crippen molar-refractivity contribution in [3.63, 3.8) is 0 Å². The molecule has 4 nitrogen and oxygen atoms in total. The Morgan fingerprint density at radius 1 is 1.13 bits per heavy atom. The van der Waals surface area contributed by atoms with E-state index in [1.54, 1.807) is 0 Å². The van der Waals surface area contributed by atoms with Gasteiger partial charge in [0.1, 0.15) is 0 Å². The molecule has 1 rings (SSSR count). The summed E-state index contributed by atoms with van der Waals surface area (Å²) in [6, 6.07) is 6.56. The number of nitrogens with zero attached hydrogens (tertiary/aromatic N) is 2. The van der Waals surface area contributed by atoms with Gasteiger partial charge in [-0.25, -0.2) is 0 Å². The van der Waals surface area contributed by atoms with E-state index in [1.807, 2.05) is 7.05 Å². The highest BCUT2D eigenvalue weighted by atomic mass is 127. The summed E-state index contributed by atoms with van der Waals surface area (Å²) in [5.41, 5.74) is 3.95. The zero-order chi connectivity index (χ0) is 16.4. The Hall–Kier alpha value is -0.820. The van der Waals surface area contributed by atoms with Crippen LogP contribution in [-0.4, -0.2) is 44.1 Å². The zero-order valence-corrected chi connectivity index (χ0v) is 17.6. The second-order valence-corrected chi connectivity index (χ2v) is 5.66. The van der Waals surface area contributed by atoms with Gasteiger partial charge in [0.15, 0.2) is 5.96 Å². The van der Waals surface area contributed by atoms with Crippen LogP contribution >= 0.6 is 24.0 Å². The first-order valence-electron chi connectivity index (χ1n) is 8.33. The highest BCUT2D eigenvalue weighted by Crippen LogP contribution is 2.09. The topological polar surface area (TPSA) is 39.7 Å². The first-order chi connectivity index (χ1) is 10.6. The molecule has 0 radical (unpaired) electrons. The van der Waals surface area contributed by atoms with Crippen molar-refractivity contribution < 1.29 is 0 Å². The predicted molar refractivity (Wildman–Crippen MR) is 112 cm³/mol. The minimum atomic E-state index is 0. The maximum Gasteiger partial charge on any atom is 0.191 e. The molecule has 0 aliphatic rings. The largest absolute Gasteiger partial charge is 0.356 e. The van der Waals surface area contributed by atoms with Crippen molar-refractivity contribution in [1.82, 2.24) is 15.5 Å². The molecule has 5 heteroatoms. The van der Waals surface area contributed by atoms with Crippen molar-refractivity contribution in [2.45, 2.75) is 40.7 Å². The van der Waals surface area contributed by atoms with Crippen LogP contribution in [0.1, 0.15) is 37.0 Å².